The molecule has 144 valence electrons. The topological polar surface area (TPSA) is 76.1 Å². The molecule has 6 nitrogen and oxygen atoms in total. The highest BCUT2D eigenvalue weighted by molar-refractivity contribution is 6.34. The second-order valence-corrected chi connectivity index (χ2v) is 6.77. The molecule has 2 aromatic carbocycles. The van der Waals surface area contributed by atoms with Crippen molar-refractivity contribution in [3.63, 3.8) is 0 Å². The molecule has 0 spiro atoms. The first-order valence-electron chi connectivity index (χ1n) is 8.74. The Hall–Kier alpha value is -3.12. The zero-order valence-corrected chi connectivity index (χ0v) is 16.7. The maximum atomic E-state index is 12.6. The number of benzene rings is 2. The molecule has 0 atom stereocenters. The van der Waals surface area contributed by atoms with Gasteiger partial charge in [0.15, 0.2) is 0 Å². The number of ether oxygens (including phenoxy) is 1. The van der Waals surface area contributed by atoms with Crippen LogP contribution in [0.3, 0.4) is 0 Å². The molecule has 0 fully saturated rings. The number of methoxy groups -OCH3 is 1. The van der Waals surface area contributed by atoms with Crippen molar-refractivity contribution in [1.29, 1.82) is 0 Å². The standard InChI is InChI=1S/C21H21ClN4O2/c1-13-10-14(2)19(17(22)11-13)26-20(27)18-8-9-23-21(25-18)24-12-15-4-6-16(28-3)7-5-15/h4-11H,12H2,1-3H3,(H,26,27)(H,23,24,25). The molecule has 0 aliphatic rings. The van der Waals surface area contributed by atoms with E-state index in [1.807, 2.05) is 50.2 Å². The molecule has 7 heteroatoms. The molecule has 2 N–H and O–H groups in total. The molecule has 0 saturated heterocycles. The van der Waals surface area contributed by atoms with Gasteiger partial charge in [0.1, 0.15) is 11.4 Å². The van der Waals surface area contributed by atoms with E-state index in [0.29, 0.717) is 23.2 Å². The number of carbonyl (C=O) groups excluding carboxylic acids is 1. The van der Waals surface area contributed by atoms with Crippen LogP contribution in [0.1, 0.15) is 27.2 Å². The molecule has 28 heavy (non-hydrogen) atoms. The van der Waals surface area contributed by atoms with Crippen LogP contribution in [-0.2, 0) is 6.54 Å². The van der Waals surface area contributed by atoms with E-state index >= 15 is 0 Å². The zero-order valence-electron chi connectivity index (χ0n) is 15.9. The highest BCUT2D eigenvalue weighted by Crippen LogP contribution is 2.27. The van der Waals surface area contributed by atoms with Gasteiger partial charge in [-0.15, -0.1) is 0 Å². The minimum absolute atomic E-state index is 0.253. The highest BCUT2D eigenvalue weighted by atomic mass is 35.5. The fourth-order valence-corrected chi connectivity index (χ4v) is 3.11. The number of aryl methyl sites for hydroxylation is 2. The number of halogens is 1. The quantitative estimate of drug-likeness (QED) is 0.635. The molecule has 3 rings (SSSR count). The van der Waals surface area contributed by atoms with Gasteiger partial charge in [-0.25, -0.2) is 9.97 Å². The molecule has 0 bridgehead atoms. The van der Waals surface area contributed by atoms with Crippen LogP contribution < -0.4 is 15.4 Å². The third-order valence-corrected chi connectivity index (χ3v) is 4.47. The van der Waals surface area contributed by atoms with Crippen molar-refractivity contribution in [3.05, 3.63) is 76.1 Å². The molecule has 1 amide bonds. The summed E-state index contributed by atoms with van der Waals surface area (Å²) in [6.07, 6.45) is 1.54. The van der Waals surface area contributed by atoms with E-state index in [1.54, 1.807) is 19.4 Å². The molecule has 0 aliphatic carbocycles. The Morgan fingerprint density at radius 2 is 1.89 bits per heavy atom. The van der Waals surface area contributed by atoms with Gasteiger partial charge in [0, 0.05) is 12.7 Å². The normalized spacial score (nSPS) is 10.4. The lowest BCUT2D eigenvalue weighted by Gasteiger charge is -2.12. The summed E-state index contributed by atoms with van der Waals surface area (Å²) in [5.74, 6) is 0.822. The molecule has 0 saturated carbocycles. The highest BCUT2D eigenvalue weighted by Gasteiger charge is 2.13. The first-order chi connectivity index (χ1) is 13.5. The predicted octanol–water partition coefficient (Wildman–Crippen LogP) is 4.62. The van der Waals surface area contributed by atoms with Gasteiger partial charge in [0.2, 0.25) is 5.95 Å². The Morgan fingerprint density at radius 3 is 2.57 bits per heavy atom. The average molecular weight is 397 g/mol. The summed E-state index contributed by atoms with van der Waals surface area (Å²) >= 11 is 6.27. The molecule has 1 aromatic heterocycles. The number of nitrogens with zero attached hydrogens (tertiary/aromatic N) is 2. The van der Waals surface area contributed by atoms with Gasteiger partial charge in [0.05, 0.1) is 17.8 Å². The number of nitrogens with one attached hydrogen (secondary N) is 2. The minimum Gasteiger partial charge on any atom is -0.497 e. The molecule has 0 aliphatic heterocycles. The fraction of sp³-hybridized carbons (Fsp3) is 0.190. The van der Waals surface area contributed by atoms with Gasteiger partial charge in [-0.3, -0.25) is 4.79 Å². The molecule has 0 unspecified atom stereocenters. The summed E-state index contributed by atoms with van der Waals surface area (Å²) in [5, 5.41) is 6.45. The average Bonchev–Trinajstić information content (AvgIpc) is 2.69. The zero-order chi connectivity index (χ0) is 20.1. The molecular weight excluding hydrogens is 376 g/mol. The number of hydrogen-bond donors (Lipinski definition) is 2. The van der Waals surface area contributed by atoms with Crippen molar-refractivity contribution in [2.75, 3.05) is 17.7 Å². The van der Waals surface area contributed by atoms with E-state index in [9.17, 15) is 4.79 Å². The number of hydrogen-bond acceptors (Lipinski definition) is 5. The summed E-state index contributed by atoms with van der Waals surface area (Å²) in [5.41, 5.74) is 3.81. The molecular formula is C21H21ClN4O2. The van der Waals surface area contributed by atoms with Crippen LogP contribution in [0.15, 0.2) is 48.7 Å². The number of carbonyl (C=O) groups is 1. The van der Waals surface area contributed by atoms with Crippen molar-refractivity contribution in [2.45, 2.75) is 20.4 Å². The van der Waals surface area contributed by atoms with Crippen LogP contribution in [0.4, 0.5) is 11.6 Å². The summed E-state index contributed by atoms with van der Waals surface area (Å²) in [7, 11) is 1.63. The Kier molecular flexibility index (Phi) is 6.11. The third kappa shape index (κ3) is 4.78. The monoisotopic (exact) mass is 396 g/mol. The van der Waals surface area contributed by atoms with Crippen LogP contribution >= 0.6 is 11.6 Å². The van der Waals surface area contributed by atoms with Gasteiger partial charge in [-0.2, -0.15) is 0 Å². The second-order valence-electron chi connectivity index (χ2n) is 6.36. The van der Waals surface area contributed by atoms with Crippen molar-refractivity contribution in [1.82, 2.24) is 9.97 Å². The lowest BCUT2D eigenvalue weighted by atomic mass is 10.1. The molecule has 0 radical (unpaired) electrons. The second kappa shape index (κ2) is 8.71. The minimum atomic E-state index is -0.344. The van der Waals surface area contributed by atoms with E-state index in [2.05, 4.69) is 20.6 Å². The van der Waals surface area contributed by atoms with Gasteiger partial charge < -0.3 is 15.4 Å². The molecule has 1 heterocycles. The van der Waals surface area contributed by atoms with Crippen LogP contribution in [0, 0.1) is 13.8 Å². The first kappa shape index (κ1) is 19.6. The Labute approximate surface area is 168 Å². The van der Waals surface area contributed by atoms with Crippen LogP contribution in [0.2, 0.25) is 5.02 Å². The van der Waals surface area contributed by atoms with E-state index in [4.69, 9.17) is 16.3 Å². The van der Waals surface area contributed by atoms with E-state index in [-0.39, 0.29) is 11.6 Å². The maximum absolute atomic E-state index is 12.6. The van der Waals surface area contributed by atoms with Crippen molar-refractivity contribution in [2.24, 2.45) is 0 Å². The van der Waals surface area contributed by atoms with Gasteiger partial charge in [0.25, 0.3) is 5.91 Å². The lowest BCUT2D eigenvalue weighted by Crippen LogP contribution is -2.16. The smallest absolute Gasteiger partial charge is 0.274 e. The third-order valence-electron chi connectivity index (χ3n) is 4.17. The largest absolute Gasteiger partial charge is 0.497 e. The SMILES string of the molecule is COc1ccc(CNc2nccc(C(=O)Nc3c(C)cc(C)cc3Cl)n2)cc1. The number of anilines is 2. The van der Waals surface area contributed by atoms with Crippen LogP contribution in [0.25, 0.3) is 0 Å². The number of rotatable bonds is 6. The lowest BCUT2D eigenvalue weighted by molar-refractivity contribution is 0.102. The summed E-state index contributed by atoms with van der Waals surface area (Å²) in [4.78, 5) is 21.1. The van der Waals surface area contributed by atoms with Crippen molar-refractivity contribution >= 4 is 29.1 Å². The van der Waals surface area contributed by atoms with E-state index < -0.39 is 0 Å². The van der Waals surface area contributed by atoms with Gasteiger partial charge in [-0.1, -0.05) is 29.8 Å². The van der Waals surface area contributed by atoms with E-state index in [0.717, 1.165) is 22.4 Å². The van der Waals surface area contributed by atoms with Crippen LogP contribution in [-0.4, -0.2) is 23.0 Å². The Balaban J connectivity index is 1.69. The predicted molar refractivity (Wildman–Crippen MR) is 111 cm³/mol. The maximum Gasteiger partial charge on any atom is 0.274 e. The van der Waals surface area contributed by atoms with Crippen LogP contribution in [0.5, 0.6) is 5.75 Å². The summed E-state index contributed by atoms with van der Waals surface area (Å²) in [6.45, 7) is 4.38. The molecule has 3 aromatic rings. The Bertz CT molecular complexity index is 967. The number of aromatic nitrogens is 2. The first-order valence-corrected chi connectivity index (χ1v) is 9.12. The fourth-order valence-electron chi connectivity index (χ4n) is 2.75. The van der Waals surface area contributed by atoms with Gasteiger partial charge >= 0.3 is 0 Å². The number of amides is 1. The summed E-state index contributed by atoms with van der Waals surface area (Å²) in [6, 6.07) is 13.0. The summed E-state index contributed by atoms with van der Waals surface area (Å²) < 4.78 is 5.15. The van der Waals surface area contributed by atoms with Crippen molar-refractivity contribution in [3.8, 4) is 5.75 Å². The van der Waals surface area contributed by atoms with E-state index in [1.165, 1.54) is 0 Å². The Morgan fingerprint density at radius 1 is 1.14 bits per heavy atom. The van der Waals surface area contributed by atoms with Crippen molar-refractivity contribution < 1.29 is 9.53 Å². The van der Waals surface area contributed by atoms with Gasteiger partial charge in [-0.05, 0) is 54.8 Å².